The van der Waals surface area contributed by atoms with Crippen molar-refractivity contribution in [1.82, 2.24) is 9.80 Å². The van der Waals surface area contributed by atoms with Crippen molar-refractivity contribution in [3.05, 3.63) is 23.7 Å². The first-order valence-electron chi connectivity index (χ1n) is 7.24. The highest BCUT2D eigenvalue weighted by Gasteiger charge is 2.44. The van der Waals surface area contributed by atoms with Crippen molar-refractivity contribution in [3.8, 4) is 0 Å². The molecule has 1 aromatic heterocycles. The van der Waals surface area contributed by atoms with Crippen molar-refractivity contribution in [3.63, 3.8) is 0 Å². The van der Waals surface area contributed by atoms with Crippen LogP contribution in [0.5, 0.6) is 0 Å². The van der Waals surface area contributed by atoms with Gasteiger partial charge in [-0.3, -0.25) is 9.59 Å². The molecule has 2 aliphatic rings. The number of aryl methyl sites for hydroxylation is 1. The van der Waals surface area contributed by atoms with Crippen LogP contribution < -0.4 is 0 Å². The number of fused-ring (bicyclic) bond motifs is 1. The molecule has 0 saturated carbocycles. The highest BCUT2D eigenvalue weighted by atomic mass is 16.3. The Balaban J connectivity index is 1.83. The summed E-state index contributed by atoms with van der Waals surface area (Å²) in [6.07, 6.45) is 2.80. The number of carbonyl (C=O) groups is 2. The average molecular weight is 276 g/mol. The van der Waals surface area contributed by atoms with Gasteiger partial charge >= 0.3 is 0 Å². The van der Waals surface area contributed by atoms with Gasteiger partial charge in [0.1, 0.15) is 23.6 Å². The van der Waals surface area contributed by atoms with Gasteiger partial charge in [-0.15, -0.1) is 0 Å². The monoisotopic (exact) mass is 276 g/mol. The lowest BCUT2D eigenvalue weighted by Gasteiger charge is -2.45. The van der Waals surface area contributed by atoms with Gasteiger partial charge < -0.3 is 14.2 Å². The lowest BCUT2D eigenvalue weighted by molar-refractivity contribution is -0.163. The second kappa shape index (κ2) is 4.96. The molecule has 2 amide bonds. The molecule has 5 heteroatoms. The van der Waals surface area contributed by atoms with Gasteiger partial charge in [-0.25, -0.2) is 0 Å². The van der Waals surface area contributed by atoms with Gasteiger partial charge in [-0.05, 0) is 45.2 Å². The molecule has 3 rings (SSSR count). The number of piperazine rings is 1. The van der Waals surface area contributed by atoms with E-state index in [1.54, 1.807) is 16.7 Å². The number of furan rings is 1. The maximum Gasteiger partial charge on any atom is 0.246 e. The highest BCUT2D eigenvalue weighted by Crippen LogP contribution is 2.27. The third kappa shape index (κ3) is 2.11. The molecule has 0 spiro atoms. The molecule has 0 radical (unpaired) electrons. The van der Waals surface area contributed by atoms with E-state index in [-0.39, 0.29) is 17.9 Å². The molecule has 108 valence electrons. The second-order valence-electron chi connectivity index (χ2n) is 5.70. The van der Waals surface area contributed by atoms with E-state index < -0.39 is 6.04 Å². The summed E-state index contributed by atoms with van der Waals surface area (Å²) in [7, 11) is 0. The molecule has 0 aliphatic carbocycles. The Morgan fingerprint density at radius 2 is 2.05 bits per heavy atom. The van der Waals surface area contributed by atoms with Crippen LogP contribution >= 0.6 is 0 Å². The fraction of sp³-hybridized carbons (Fsp3) is 0.600. The third-order valence-corrected chi connectivity index (χ3v) is 4.30. The molecular formula is C15H20N2O3. The fourth-order valence-corrected chi connectivity index (χ4v) is 3.16. The number of hydrogen-bond donors (Lipinski definition) is 0. The zero-order valence-corrected chi connectivity index (χ0v) is 12.0. The first-order valence-corrected chi connectivity index (χ1v) is 7.24. The minimum atomic E-state index is -0.401. The maximum absolute atomic E-state index is 12.6. The summed E-state index contributed by atoms with van der Waals surface area (Å²) in [5, 5.41) is 0. The maximum atomic E-state index is 12.6. The predicted molar refractivity (Wildman–Crippen MR) is 72.8 cm³/mol. The van der Waals surface area contributed by atoms with Crippen LogP contribution in [0.1, 0.15) is 37.7 Å². The number of carbonyl (C=O) groups excluding carboxylic acids is 2. The second-order valence-corrected chi connectivity index (χ2v) is 5.70. The van der Waals surface area contributed by atoms with Crippen molar-refractivity contribution in [2.24, 2.45) is 0 Å². The SMILES string of the molecule is Cc1ccc(CN2C(=O)C3CCCCN3C(=O)C2C)o1. The van der Waals surface area contributed by atoms with Gasteiger partial charge in [0, 0.05) is 6.54 Å². The topological polar surface area (TPSA) is 53.8 Å². The number of amides is 2. The van der Waals surface area contributed by atoms with Gasteiger partial charge in [0.2, 0.25) is 11.8 Å². The first-order chi connectivity index (χ1) is 9.58. The van der Waals surface area contributed by atoms with E-state index in [4.69, 9.17) is 4.42 Å². The number of nitrogens with zero attached hydrogens (tertiary/aromatic N) is 2. The van der Waals surface area contributed by atoms with E-state index in [2.05, 4.69) is 0 Å². The van der Waals surface area contributed by atoms with E-state index in [1.165, 1.54) is 0 Å². The zero-order chi connectivity index (χ0) is 14.3. The summed E-state index contributed by atoms with van der Waals surface area (Å²) in [4.78, 5) is 28.5. The lowest BCUT2D eigenvalue weighted by Crippen LogP contribution is -2.64. The van der Waals surface area contributed by atoms with Crippen LogP contribution in [0.4, 0.5) is 0 Å². The summed E-state index contributed by atoms with van der Waals surface area (Å²) in [5.74, 6) is 1.69. The standard InChI is InChI=1S/C15H20N2O3/c1-10-6-7-12(20-10)9-17-11(2)14(18)16-8-4-3-5-13(16)15(17)19/h6-7,11,13H,3-5,8-9H2,1-2H3. The van der Waals surface area contributed by atoms with Crippen LogP contribution in [-0.4, -0.2) is 40.2 Å². The molecule has 2 unspecified atom stereocenters. The third-order valence-electron chi connectivity index (χ3n) is 4.30. The molecule has 2 atom stereocenters. The summed E-state index contributed by atoms with van der Waals surface area (Å²) in [6.45, 7) is 4.77. The molecule has 5 nitrogen and oxygen atoms in total. The lowest BCUT2D eigenvalue weighted by atomic mass is 9.95. The molecule has 0 N–H and O–H groups in total. The summed E-state index contributed by atoms with van der Waals surface area (Å²) < 4.78 is 5.54. The summed E-state index contributed by atoms with van der Waals surface area (Å²) in [6, 6.07) is 3.08. The highest BCUT2D eigenvalue weighted by molar-refractivity contribution is 5.96. The normalized spacial score (nSPS) is 26.9. The Kier molecular flexibility index (Phi) is 3.28. The largest absolute Gasteiger partial charge is 0.464 e. The molecule has 0 bridgehead atoms. The quantitative estimate of drug-likeness (QED) is 0.826. The van der Waals surface area contributed by atoms with Crippen LogP contribution in [-0.2, 0) is 16.1 Å². The minimum Gasteiger partial charge on any atom is -0.464 e. The van der Waals surface area contributed by atoms with E-state index >= 15 is 0 Å². The molecule has 3 heterocycles. The van der Waals surface area contributed by atoms with Crippen LogP contribution in [0.25, 0.3) is 0 Å². The summed E-state index contributed by atoms with van der Waals surface area (Å²) >= 11 is 0. The van der Waals surface area contributed by atoms with Gasteiger partial charge in [-0.2, -0.15) is 0 Å². The van der Waals surface area contributed by atoms with Gasteiger partial charge in [0.05, 0.1) is 6.54 Å². The molecule has 1 aromatic rings. The minimum absolute atomic E-state index is 0.0610. The molecule has 20 heavy (non-hydrogen) atoms. The van der Waals surface area contributed by atoms with E-state index in [0.29, 0.717) is 13.1 Å². The van der Waals surface area contributed by atoms with Crippen molar-refractivity contribution < 1.29 is 14.0 Å². The van der Waals surface area contributed by atoms with Crippen molar-refractivity contribution in [2.75, 3.05) is 6.54 Å². The molecule has 2 fully saturated rings. The predicted octanol–water partition coefficient (Wildman–Crippen LogP) is 1.70. The van der Waals surface area contributed by atoms with Crippen LogP contribution in [0.3, 0.4) is 0 Å². The van der Waals surface area contributed by atoms with Crippen LogP contribution in [0.15, 0.2) is 16.5 Å². The molecule has 2 saturated heterocycles. The van der Waals surface area contributed by atoms with E-state index in [9.17, 15) is 9.59 Å². The summed E-state index contributed by atoms with van der Waals surface area (Å²) in [5.41, 5.74) is 0. The van der Waals surface area contributed by atoms with Gasteiger partial charge in [0.25, 0.3) is 0 Å². The zero-order valence-electron chi connectivity index (χ0n) is 12.0. The molecular weight excluding hydrogens is 256 g/mol. The van der Waals surface area contributed by atoms with Crippen LogP contribution in [0.2, 0.25) is 0 Å². The van der Waals surface area contributed by atoms with E-state index in [1.807, 2.05) is 19.1 Å². The average Bonchev–Trinajstić information content (AvgIpc) is 2.86. The van der Waals surface area contributed by atoms with Crippen molar-refractivity contribution >= 4 is 11.8 Å². The fourth-order valence-electron chi connectivity index (χ4n) is 3.16. The van der Waals surface area contributed by atoms with E-state index in [0.717, 1.165) is 30.8 Å². The van der Waals surface area contributed by atoms with Gasteiger partial charge in [-0.1, -0.05) is 0 Å². The van der Waals surface area contributed by atoms with Crippen LogP contribution in [0, 0.1) is 6.92 Å². The Morgan fingerprint density at radius 1 is 1.25 bits per heavy atom. The van der Waals surface area contributed by atoms with Gasteiger partial charge in [0.15, 0.2) is 0 Å². The smallest absolute Gasteiger partial charge is 0.246 e. The molecule has 2 aliphatic heterocycles. The van der Waals surface area contributed by atoms with Crippen molar-refractivity contribution in [2.45, 2.75) is 51.7 Å². The number of piperidine rings is 1. The Bertz CT molecular complexity index is 537. The number of rotatable bonds is 2. The Hall–Kier alpha value is -1.78. The number of hydrogen-bond acceptors (Lipinski definition) is 3. The van der Waals surface area contributed by atoms with Crippen molar-refractivity contribution in [1.29, 1.82) is 0 Å². The molecule has 0 aromatic carbocycles. The first kappa shape index (κ1) is 13.2. The Labute approximate surface area is 118 Å². The Morgan fingerprint density at radius 3 is 2.75 bits per heavy atom.